The van der Waals surface area contributed by atoms with Gasteiger partial charge in [-0.05, 0) is 87.7 Å². The molecule has 1 aromatic rings. The maximum Gasteiger partial charge on any atom is 0.279 e. The van der Waals surface area contributed by atoms with E-state index in [-0.39, 0.29) is 24.4 Å². The Kier molecular flexibility index (Phi) is 6.56. The summed E-state index contributed by atoms with van der Waals surface area (Å²) in [5, 5.41) is 6.24. The number of likely N-dealkylation sites (N-methyl/N-ethyl adjacent to an activating group) is 1. The summed E-state index contributed by atoms with van der Waals surface area (Å²) in [6.07, 6.45) is 8.09. The van der Waals surface area contributed by atoms with Gasteiger partial charge in [0.1, 0.15) is 5.75 Å². The lowest BCUT2D eigenvalue weighted by molar-refractivity contribution is -0.881. The molecule has 0 aromatic heterocycles. The van der Waals surface area contributed by atoms with Gasteiger partial charge in [-0.25, -0.2) is 0 Å². The molecule has 0 saturated heterocycles. The van der Waals surface area contributed by atoms with Crippen LogP contribution in [0.1, 0.15) is 52.4 Å². The third-order valence-corrected chi connectivity index (χ3v) is 8.08. The van der Waals surface area contributed by atoms with Crippen molar-refractivity contribution >= 4 is 17.5 Å². The maximum atomic E-state index is 12.9. The summed E-state index contributed by atoms with van der Waals surface area (Å²) in [4.78, 5) is 26.4. The number of nitrogens with one attached hydrogen (secondary N) is 3. The first-order chi connectivity index (χ1) is 14.9. The monoisotopic (exact) mass is 428 g/mol. The number of quaternary nitrogens is 1. The Labute approximate surface area is 186 Å². The van der Waals surface area contributed by atoms with Gasteiger partial charge in [-0.1, -0.05) is 12.1 Å². The summed E-state index contributed by atoms with van der Waals surface area (Å²) in [6, 6.07) is 7.59. The van der Waals surface area contributed by atoms with E-state index in [2.05, 4.69) is 17.6 Å². The number of hydrogen-bond donors (Lipinski definition) is 3. The van der Waals surface area contributed by atoms with E-state index in [9.17, 15) is 9.59 Å². The van der Waals surface area contributed by atoms with E-state index in [1.807, 2.05) is 31.2 Å². The molecule has 6 heteroatoms. The first-order valence-corrected chi connectivity index (χ1v) is 12.0. The SMILES string of the molecule is CC[NH+](CC(=O)Nc1ccccc1OC)CC(=O)N[C@H](C)C12CC3CC(CC(C3)C1)C2. The van der Waals surface area contributed by atoms with Crippen molar-refractivity contribution in [1.29, 1.82) is 0 Å². The molecule has 4 bridgehead atoms. The largest absolute Gasteiger partial charge is 0.495 e. The third kappa shape index (κ3) is 4.89. The zero-order valence-electron chi connectivity index (χ0n) is 19.2. The minimum atomic E-state index is -0.108. The molecule has 3 N–H and O–H groups in total. The van der Waals surface area contributed by atoms with Gasteiger partial charge in [-0.2, -0.15) is 0 Å². The van der Waals surface area contributed by atoms with Gasteiger partial charge < -0.3 is 20.3 Å². The van der Waals surface area contributed by atoms with Gasteiger partial charge >= 0.3 is 0 Å². The second-order valence-corrected chi connectivity index (χ2v) is 10.3. The molecular formula is C25H38N3O3+. The zero-order chi connectivity index (χ0) is 22.0. The van der Waals surface area contributed by atoms with Gasteiger partial charge in [0.25, 0.3) is 11.8 Å². The molecule has 6 nitrogen and oxygen atoms in total. The van der Waals surface area contributed by atoms with Crippen molar-refractivity contribution in [2.45, 2.75) is 58.4 Å². The molecule has 4 saturated carbocycles. The highest BCUT2D eigenvalue weighted by Gasteiger charge is 2.53. The summed E-state index contributed by atoms with van der Waals surface area (Å²) in [7, 11) is 1.59. The minimum absolute atomic E-state index is 0.0604. The Morgan fingerprint density at radius 3 is 2.23 bits per heavy atom. The van der Waals surface area contributed by atoms with Crippen molar-refractivity contribution in [2.24, 2.45) is 23.2 Å². The Morgan fingerprint density at radius 2 is 1.65 bits per heavy atom. The number of benzene rings is 1. The fourth-order valence-electron chi connectivity index (χ4n) is 6.86. The van der Waals surface area contributed by atoms with E-state index >= 15 is 0 Å². The molecule has 4 aliphatic rings. The second kappa shape index (κ2) is 9.19. The standard InChI is InChI=1S/C25H37N3O3/c1-4-28(16-24(30)27-21-7-5-6-8-22(21)31-3)15-23(29)26-17(2)25-12-18-9-19(13-25)11-20(10-18)14-25/h5-8,17-20H,4,9-16H2,1-3H3,(H,26,29)(H,27,30)/p+1/t17-,18?,19?,20?,25?/m1/s1. The normalized spacial score (nSPS) is 30.5. The fourth-order valence-corrected chi connectivity index (χ4v) is 6.86. The minimum Gasteiger partial charge on any atom is -0.495 e. The quantitative estimate of drug-likeness (QED) is 0.565. The van der Waals surface area contributed by atoms with Crippen molar-refractivity contribution in [3.63, 3.8) is 0 Å². The molecule has 0 heterocycles. The van der Waals surface area contributed by atoms with Crippen LogP contribution in [-0.2, 0) is 9.59 Å². The van der Waals surface area contributed by atoms with Crippen molar-refractivity contribution < 1.29 is 19.2 Å². The van der Waals surface area contributed by atoms with Gasteiger partial charge in [0.05, 0.1) is 19.3 Å². The van der Waals surface area contributed by atoms with Crippen LogP contribution in [0.15, 0.2) is 24.3 Å². The van der Waals surface area contributed by atoms with E-state index in [0.29, 0.717) is 23.4 Å². The maximum absolute atomic E-state index is 12.9. The summed E-state index contributed by atoms with van der Waals surface area (Å²) in [5.41, 5.74) is 0.961. The zero-order valence-corrected chi connectivity index (χ0v) is 19.2. The van der Waals surface area contributed by atoms with E-state index < -0.39 is 0 Å². The van der Waals surface area contributed by atoms with E-state index in [0.717, 1.165) is 29.2 Å². The number of para-hydroxylation sites is 2. The Balaban J connectivity index is 1.29. The van der Waals surface area contributed by atoms with Crippen molar-refractivity contribution in [3.05, 3.63) is 24.3 Å². The number of anilines is 1. The smallest absolute Gasteiger partial charge is 0.279 e. The molecule has 1 unspecified atom stereocenters. The molecular weight excluding hydrogens is 390 g/mol. The molecule has 2 atom stereocenters. The van der Waals surface area contributed by atoms with E-state index in [1.165, 1.54) is 38.5 Å². The van der Waals surface area contributed by atoms with Gasteiger partial charge in [-0.15, -0.1) is 0 Å². The number of ether oxygens (including phenoxy) is 1. The molecule has 31 heavy (non-hydrogen) atoms. The van der Waals surface area contributed by atoms with Crippen LogP contribution in [0.5, 0.6) is 5.75 Å². The Bertz CT molecular complexity index is 774. The third-order valence-electron chi connectivity index (χ3n) is 8.08. The Morgan fingerprint density at radius 1 is 1.06 bits per heavy atom. The molecule has 0 radical (unpaired) electrons. The lowest BCUT2D eigenvalue weighted by atomic mass is 9.48. The molecule has 4 fully saturated rings. The van der Waals surface area contributed by atoms with Crippen LogP contribution in [0, 0.1) is 23.2 Å². The van der Waals surface area contributed by atoms with Crippen LogP contribution in [0.25, 0.3) is 0 Å². The van der Waals surface area contributed by atoms with E-state index in [1.54, 1.807) is 7.11 Å². The van der Waals surface area contributed by atoms with Crippen molar-refractivity contribution in [3.8, 4) is 5.75 Å². The average Bonchev–Trinajstić information content (AvgIpc) is 2.72. The van der Waals surface area contributed by atoms with Gasteiger partial charge in [0.15, 0.2) is 13.1 Å². The van der Waals surface area contributed by atoms with Crippen LogP contribution < -0.4 is 20.3 Å². The van der Waals surface area contributed by atoms with E-state index in [4.69, 9.17) is 4.74 Å². The van der Waals surface area contributed by atoms with Gasteiger partial charge in [0.2, 0.25) is 0 Å². The predicted octanol–water partition coefficient (Wildman–Crippen LogP) is 2.26. The number of hydrogen-bond acceptors (Lipinski definition) is 3. The molecule has 5 rings (SSSR count). The highest BCUT2D eigenvalue weighted by atomic mass is 16.5. The molecule has 0 aliphatic heterocycles. The number of carbonyl (C=O) groups excluding carboxylic acids is 2. The van der Waals surface area contributed by atoms with Crippen LogP contribution >= 0.6 is 0 Å². The fraction of sp³-hybridized carbons (Fsp3) is 0.680. The molecule has 170 valence electrons. The summed E-state index contributed by atoms with van der Waals surface area (Å²) >= 11 is 0. The lowest BCUT2D eigenvalue weighted by Gasteiger charge is -2.59. The first-order valence-electron chi connectivity index (χ1n) is 12.0. The number of methoxy groups -OCH3 is 1. The van der Waals surface area contributed by atoms with Crippen LogP contribution in [-0.4, -0.2) is 44.6 Å². The summed E-state index contributed by atoms with van der Waals surface area (Å²) in [6.45, 7) is 5.53. The van der Waals surface area contributed by atoms with Crippen LogP contribution in [0.3, 0.4) is 0 Å². The molecule has 4 aliphatic carbocycles. The van der Waals surface area contributed by atoms with Crippen LogP contribution in [0.4, 0.5) is 5.69 Å². The van der Waals surface area contributed by atoms with Crippen molar-refractivity contribution in [2.75, 3.05) is 32.1 Å². The van der Waals surface area contributed by atoms with Crippen LogP contribution in [0.2, 0.25) is 0 Å². The number of rotatable bonds is 9. The topological polar surface area (TPSA) is 71.9 Å². The summed E-state index contributed by atoms with van der Waals surface area (Å²) < 4.78 is 5.30. The second-order valence-electron chi connectivity index (χ2n) is 10.3. The number of carbonyl (C=O) groups is 2. The lowest BCUT2D eigenvalue weighted by Crippen LogP contribution is -3.14. The first kappa shape index (κ1) is 22.1. The summed E-state index contributed by atoms with van der Waals surface area (Å²) in [5.74, 6) is 3.22. The average molecular weight is 429 g/mol. The van der Waals surface area contributed by atoms with Gasteiger partial charge in [-0.3, -0.25) is 9.59 Å². The Hall–Kier alpha value is -2.08. The van der Waals surface area contributed by atoms with Crippen molar-refractivity contribution in [1.82, 2.24) is 5.32 Å². The molecule has 1 aromatic carbocycles. The highest BCUT2D eigenvalue weighted by Crippen LogP contribution is 2.61. The predicted molar refractivity (Wildman–Crippen MR) is 121 cm³/mol. The highest BCUT2D eigenvalue weighted by molar-refractivity contribution is 5.93. The number of amides is 2. The molecule has 2 amide bonds. The molecule has 0 spiro atoms. The van der Waals surface area contributed by atoms with Gasteiger partial charge in [0, 0.05) is 6.04 Å².